The topological polar surface area (TPSA) is 46.9 Å². The zero-order valence-electron chi connectivity index (χ0n) is 14.7. The standard InChI is InChI=1S/C21H20FN3O/c1-15-20(12-13-21(26)23-14-17-6-4-3-5-7-17)16(2)25(24-15)19-10-8-18(22)9-11-19/h3-13H,14H2,1-2H3,(H,23,26)/b13-12+. The Hall–Kier alpha value is -3.21. The fourth-order valence-electron chi connectivity index (χ4n) is 2.73. The van der Waals surface area contributed by atoms with Crippen molar-refractivity contribution >= 4 is 12.0 Å². The van der Waals surface area contributed by atoms with Gasteiger partial charge in [0, 0.05) is 23.9 Å². The highest BCUT2D eigenvalue weighted by atomic mass is 19.1. The molecule has 0 saturated carbocycles. The summed E-state index contributed by atoms with van der Waals surface area (Å²) in [5.74, 6) is -0.451. The molecule has 0 atom stereocenters. The molecule has 5 heteroatoms. The Morgan fingerprint density at radius 1 is 1.12 bits per heavy atom. The summed E-state index contributed by atoms with van der Waals surface area (Å²) in [6.07, 6.45) is 3.27. The van der Waals surface area contributed by atoms with Gasteiger partial charge in [-0.3, -0.25) is 4.79 Å². The Labute approximate surface area is 152 Å². The number of aryl methyl sites for hydroxylation is 1. The van der Waals surface area contributed by atoms with Gasteiger partial charge in [0.15, 0.2) is 0 Å². The average molecular weight is 349 g/mol. The van der Waals surface area contributed by atoms with Crippen molar-refractivity contribution in [2.75, 3.05) is 0 Å². The molecular weight excluding hydrogens is 329 g/mol. The van der Waals surface area contributed by atoms with Gasteiger partial charge in [0.2, 0.25) is 5.91 Å². The number of rotatable bonds is 5. The Morgan fingerprint density at radius 3 is 2.50 bits per heavy atom. The molecular formula is C21H20FN3O. The Morgan fingerprint density at radius 2 is 1.81 bits per heavy atom. The normalized spacial score (nSPS) is 11.0. The zero-order valence-corrected chi connectivity index (χ0v) is 14.7. The summed E-state index contributed by atoms with van der Waals surface area (Å²) in [7, 11) is 0. The lowest BCUT2D eigenvalue weighted by Gasteiger charge is -2.04. The number of nitrogens with one attached hydrogen (secondary N) is 1. The number of benzene rings is 2. The second-order valence-corrected chi connectivity index (χ2v) is 6.01. The second-order valence-electron chi connectivity index (χ2n) is 6.01. The van der Waals surface area contributed by atoms with E-state index in [2.05, 4.69) is 10.4 Å². The Bertz CT molecular complexity index is 928. The van der Waals surface area contributed by atoms with Gasteiger partial charge in [-0.05, 0) is 49.8 Å². The fraction of sp³-hybridized carbons (Fsp3) is 0.143. The van der Waals surface area contributed by atoms with E-state index in [0.717, 1.165) is 28.2 Å². The van der Waals surface area contributed by atoms with E-state index >= 15 is 0 Å². The SMILES string of the molecule is Cc1nn(-c2ccc(F)cc2)c(C)c1/C=C/C(=O)NCc1ccccc1. The molecule has 1 amide bonds. The first kappa shape index (κ1) is 17.6. The van der Waals surface area contributed by atoms with E-state index in [1.165, 1.54) is 18.2 Å². The molecule has 0 aliphatic carbocycles. The number of carbonyl (C=O) groups excluding carboxylic acids is 1. The van der Waals surface area contributed by atoms with Crippen molar-refractivity contribution in [2.45, 2.75) is 20.4 Å². The molecule has 0 radical (unpaired) electrons. The monoisotopic (exact) mass is 349 g/mol. The van der Waals surface area contributed by atoms with Crippen LogP contribution < -0.4 is 5.32 Å². The first-order valence-electron chi connectivity index (χ1n) is 8.36. The number of amides is 1. The van der Waals surface area contributed by atoms with Gasteiger partial charge in [-0.15, -0.1) is 0 Å². The third-order valence-corrected chi connectivity index (χ3v) is 4.13. The molecule has 1 N–H and O–H groups in total. The first-order chi connectivity index (χ1) is 12.5. The number of aromatic nitrogens is 2. The Kier molecular flexibility index (Phi) is 5.27. The molecule has 0 bridgehead atoms. The highest BCUT2D eigenvalue weighted by Crippen LogP contribution is 2.19. The lowest BCUT2D eigenvalue weighted by molar-refractivity contribution is -0.116. The number of halogens is 1. The summed E-state index contributed by atoms with van der Waals surface area (Å²) < 4.78 is 14.9. The van der Waals surface area contributed by atoms with Crippen LogP contribution in [0.4, 0.5) is 4.39 Å². The number of carbonyl (C=O) groups is 1. The quantitative estimate of drug-likeness (QED) is 0.709. The van der Waals surface area contributed by atoms with Gasteiger partial charge in [0.25, 0.3) is 0 Å². The maximum Gasteiger partial charge on any atom is 0.244 e. The molecule has 4 nitrogen and oxygen atoms in total. The minimum Gasteiger partial charge on any atom is -0.348 e. The third-order valence-electron chi connectivity index (χ3n) is 4.13. The Balaban J connectivity index is 1.72. The van der Waals surface area contributed by atoms with Gasteiger partial charge in [0.05, 0.1) is 11.4 Å². The molecule has 0 saturated heterocycles. The maximum atomic E-state index is 13.1. The van der Waals surface area contributed by atoms with Crippen molar-refractivity contribution in [3.8, 4) is 5.69 Å². The number of hydrogen-bond acceptors (Lipinski definition) is 2. The van der Waals surface area contributed by atoms with E-state index in [0.29, 0.717) is 6.54 Å². The largest absolute Gasteiger partial charge is 0.348 e. The summed E-state index contributed by atoms with van der Waals surface area (Å²) in [5.41, 5.74) is 4.40. The number of hydrogen-bond donors (Lipinski definition) is 1. The molecule has 132 valence electrons. The molecule has 0 spiro atoms. The van der Waals surface area contributed by atoms with Gasteiger partial charge in [-0.2, -0.15) is 5.10 Å². The van der Waals surface area contributed by atoms with Crippen molar-refractivity contribution in [3.05, 3.63) is 89.0 Å². The van der Waals surface area contributed by atoms with Crippen LogP contribution in [0.25, 0.3) is 11.8 Å². The maximum absolute atomic E-state index is 13.1. The van der Waals surface area contributed by atoms with Crippen molar-refractivity contribution in [2.24, 2.45) is 0 Å². The molecule has 2 aromatic carbocycles. The minimum absolute atomic E-state index is 0.165. The van der Waals surface area contributed by atoms with Gasteiger partial charge in [-0.25, -0.2) is 9.07 Å². The van der Waals surface area contributed by atoms with Crippen molar-refractivity contribution in [1.29, 1.82) is 0 Å². The second kappa shape index (κ2) is 7.78. The van der Waals surface area contributed by atoms with Crippen LogP contribution in [0.1, 0.15) is 22.5 Å². The van der Waals surface area contributed by atoms with Gasteiger partial charge in [-0.1, -0.05) is 30.3 Å². The molecule has 0 fully saturated rings. The van der Waals surface area contributed by atoms with E-state index in [9.17, 15) is 9.18 Å². The van der Waals surface area contributed by atoms with Crippen LogP contribution in [0.15, 0.2) is 60.7 Å². The number of nitrogens with zero attached hydrogens (tertiary/aromatic N) is 2. The minimum atomic E-state index is -0.287. The van der Waals surface area contributed by atoms with Crippen molar-refractivity contribution in [3.63, 3.8) is 0 Å². The highest BCUT2D eigenvalue weighted by molar-refractivity contribution is 5.92. The summed E-state index contributed by atoms with van der Waals surface area (Å²) in [5, 5.41) is 7.35. The van der Waals surface area contributed by atoms with E-state index in [4.69, 9.17) is 0 Å². The summed E-state index contributed by atoms with van der Waals surface area (Å²) in [6, 6.07) is 15.9. The van der Waals surface area contributed by atoms with Crippen LogP contribution in [0.5, 0.6) is 0 Å². The predicted molar refractivity (Wildman–Crippen MR) is 100 cm³/mol. The van der Waals surface area contributed by atoms with Crippen LogP contribution in [-0.2, 0) is 11.3 Å². The van der Waals surface area contributed by atoms with E-state index in [-0.39, 0.29) is 11.7 Å². The lowest BCUT2D eigenvalue weighted by Crippen LogP contribution is -2.20. The molecule has 26 heavy (non-hydrogen) atoms. The van der Waals surface area contributed by atoms with Crippen LogP contribution >= 0.6 is 0 Å². The third kappa shape index (κ3) is 4.06. The summed E-state index contributed by atoms with van der Waals surface area (Å²) in [4.78, 5) is 12.1. The average Bonchev–Trinajstić information content (AvgIpc) is 2.94. The smallest absolute Gasteiger partial charge is 0.244 e. The summed E-state index contributed by atoms with van der Waals surface area (Å²) in [6.45, 7) is 4.29. The van der Waals surface area contributed by atoms with Gasteiger partial charge >= 0.3 is 0 Å². The molecule has 0 unspecified atom stereocenters. The van der Waals surface area contributed by atoms with Crippen molar-refractivity contribution < 1.29 is 9.18 Å². The molecule has 3 rings (SSSR count). The predicted octanol–water partition coefficient (Wildman–Crippen LogP) is 3.96. The van der Waals surface area contributed by atoms with E-state index in [1.807, 2.05) is 44.2 Å². The van der Waals surface area contributed by atoms with E-state index < -0.39 is 0 Å². The van der Waals surface area contributed by atoms with Gasteiger partial charge in [0.1, 0.15) is 5.82 Å². The zero-order chi connectivity index (χ0) is 18.5. The molecule has 1 aromatic heterocycles. The van der Waals surface area contributed by atoms with E-state index in [1.54, 1.807) is 22.9 Å². The van der Waals surface area contributed by atoms with Crippen LogP contribution in [0.2, 0.25) is 0 Å². The molecule has 3 aromatic rings. The molecule has 0 aliphatic rings. The first-order valence-corrected chi connectivity index (χ1v) is 8.36. The van der Waals surface area contributed by atoms with Crippen LogP contribution in [0, 0.1) is 19.7 Å². The van der Waals surface area contributed by atoms with Crippen LogP contribution in [-0.4, -0.2) is 15.7 Å². The molecule has 0 aliphatic heterocycles. The van der Waals surface area contributed by atoms with Crippen LogP contribution in [0.3, 0.4) is 0 Å². The van der Waals surface area contributed by atoms with Crippen molar-refractivity contribution in [1.82, 2.24) is 15.1 Å². The molecule has 1 heterocycles. The highest BCUT2D eigenvalue weighted by Gasteiger charge is 2.11. The summed E-state index contributed by atoms with van der Waals surface area (Å²) >= 11 is 0. The lowest BCUT2D eigenvalue weighted by atomic mass is 10.1. The van der Waals surface area contributed by atoms with Gasteiger partial charge < -0.3 is 5.32 Å². The fourth-order valence-corrected chi connectivity index (χ4v) is 2.73.